The summed E-state index contributed by atoms with van der Waals surface area (Å²) in [4.78, 5) is 4.46. The van der Waals surface area contributed by atoms with E-state index in [-0.39, 0.29) is 24.0 Å². The van der Waals surface area contributed by atoms with Crippen molar-refractivity contribution in [3.63, 3.8) is 0 Å². The zero-order valence-electron chi connectivity index (χ0n) is 10.0. The van der Waals surface area contributed by atoms with E-state index < -0.39 is 0 Å². The standard InChI is InChI=1S/C10H23N3S.HI/c1-4-11-10(12-5-2)13-8-6-7-9-14-3;/h4-9H2,1-3H3,(H2,11,12,13);1H. The first-order chi connectivity index (χ1) is 6.85. The maximum Gasteiger partial charge on any atom is 0.191 e. The normalized spacial score (nSPS) is 9.00. The van der Waals surface area contributed by atoms with E-state index in [0.29, 0.717) is 0 Å². The summed E-state index contributed by atoms with van der Waals surface area (Å²) in [5.74, 6) is 2.19. The smallest absolute Gasteiger partial charge is 0.191 e. The van der Waals surface area contributed by atoms with Crippen LogP contribution in [0.25, 0.3) is 0 Å². The van der Waals surface area contributed by atoms with Gasteiger partial charge < -0.3 is 10.6 Å². The van der Waals surface area contributed by atoms with Gasteiger partial charge in [-0.25, -0.2) is 0 Å². The highest BCUT2D eigenvalue weighted by Crippen LogP contribution is 1.98. The summed E-state index contributed by atoms with van der Waals surface area (Å²) < 4.78 is 0. The van der Waals surface area contributed by atoms with Crippen molar-refractivity contribution in [1.82, 2.24) is 10.6 Å². The minimum Gasteiger partial charge on any atom is -0.357 e. The van der Waals surface area contributed by atoms with Crippen LogP contribution in [0.1, 0.15) is 26.7 Å². The lowest BCUT2D eigenvalue weighted by Crippen LogP contribution is -2.37. The highest BCUT2D eigenvalue weighted by atomic mass is 127. The van der Waals surface area contributed by atoms with Crippen LogP contribution in [0.2, 0.25) is 0 Å². The van der Waals surface area contributed by atoms with E-state index in [4.69, 9.17) is 0 Å². The molecule has 0 aliphatic carbocycles. The van der Waals surface area contributed by atoms with E-state index in [1.807, 2.05) is 11.8 Å². The van der Waals surface area contributed by atoms with Crippen molar-refractivity contribution in [3.05, 3.63) is 0 Å². The molecular formula is C10H24IN3S. The van der Waals surface area contributed by atoms with Crippen LogP contribution in [-0.2, 0) is 0 Å². The molecule has 0 atom stereocenters. The van der Waals surface area contributed by atoms with Gasteiger partial charge in [-0.2, -0.15) is 11.8 Å². The SMILES string of the molecule is CCNC(=NCCCCSC)NCC.I. The van der Waals surface area contributed by atoms with Crippen LogP contribution in [0.15, 0.2) is 4.99 Å². The number of hydrogen-bond donors (Lipinski definition) is 2. The molecule has 0 aromatic carbocycles. The second kappa shape index (κ2) is 14.3. The number of thioether (sulfide) groups is 1. The van der Waals surface area contributed by atoms with Gasteiger partial charge in [-0.05, 0) is 38.7 Å². The molecule has 0 aromatic heterocycles. The van der Waals surface area contributed by atoms with Crippen molar-refractivity contribution in [2.45, 2.75) is 26.7 Å². The van der Waals surface area contributed by atoms with Gasteiger partial charge in [-0.3, -0.25) is 4.99 Å². The molecule has 0 unspecified atom stereocenters. The fourth-order valence-electron chi connectivity index (χ4n) is 1.06. The number of halogens is 1. The minimum atomic E-state index is 0. The molecule has 3 nitrogen and oxygen atoms in total. The molecule has 0 heterocycles. The highest BCUT2D eigenvalue weighted by molar-refractivity contribution is 14.0. The Morgan fingerprint density at radius 3 is 2.20 bits per heavy atom. The molecule has 5 heteroatoms. The lowest BCUT2D eigenvalue weighted by atomic mass is 10.3. The second-order valence-corrected chi connectivity index (χ2v) is 3.98. The van der Waals surface area contributed by atoms with Gasteiger partial charge in [0.15, 0.2) is 5.96 Å². The van der Waals surface area contributed by atoms with Crippen LogP contribution < -0.4 is 10.6 Å². The molecule has 0 aliphatic rings. The largest absolute Gasteiger partial charge is 0.357 e. The summed E-state index contributed by atoms with van der Waals surface area (Å²) in [5, 5.41) is 6.42. The van der Waals surface area contributed by atoms with Crippen molar-refractivity contribution in [2.75, 3.05) is 31.6 Å². The van der Waals surface area contributed by atoms with Crippen molar-refractivity contribution >= 4 is 41.7 Å². The molecule has 0 spiro atoms. The summed E-state index contributed by atoms with van der Waals surface area (Å²) in [7, 11) is 0. The lowest BCUT2D eigenvalue weighted by Gasteiger charge is -2.08. The molecule has 0 radical (unpaired) electrons. The summed E-state index contributed by atoms with van der Waals surface area (Å²) in [5.41, 5.74) is 0. The fourth-order valence-corrected chi connectivity index (χ4v) is 1.55. The predicted molar refractivity (Wildman–Crippen MR) is 82.7 cm³/mol. The lowest BCUT2D eigenvalue weighted by molar-refractivity contribution is 0.785. The van der Waals surface area contributed by atoms with Gasteiger partial charge in [0, 0.05) is 19.6 Å². The number of unbranched alkanes of at least 4 members (excludes halogenated alkanes) is 1. The average molecular weight is 345 g/mol. The van der Waals surface area contributed by atoms with Gasteiger partial charge >= 0.3 is 0 Å². The summed E-state index contributed by atoms with van der Waals surface area (Å²) in [6.07, 6.45) is 4.59. The number of rotatable bonds is 7. The van der Waals surface area contributed by atoms with E-state index in [2.05, 4.69) is 35.7 Å². The van der Waals surface area contributed by atoms with Crippen molar-refractivity contribution < 1.29 is 0 Å². The van der Waals surface area contributed by atoms with Crippen LogP contribution >= 0.6 is 35.7 Å². The van der Waals surface area contributed by atoms with Gasteiger partial charge in [0.2, 0.25) is 0 Å². The van der Waals surface area contributed by atoms with Gasteiger partial charge in [-0.15, -0.1) is 24.0 Å². The third-order valence-corrected chi connectivity index (χ3v) is 2.41. The molecule has 92 valence electrons. The van der Waals surface area contributed by atoms with Gasteiger partial charge in [0.25, 0.3) is 0 Å². The van der Waals surface area contributed by atoms with Crippen LogP contribution in [0.3, 0.4) is 0 Å². The van der Waals surface area contributed by atoms with Crippen LogP contribution in [0.4, 0.5) is 0 Å². The fraction of sp³-hybridized carbons (Fsp3) is 0.900. The van der Waals surface area contributed by atoms with Crippen molar-refractivity contribution in [2.24, 2.45) is 4.99 Å². The quantitative estimate of drug-likeness (QED) is 0.322. The topological polar surface area (TPSA) is 36.4 Å². The molecule has 0 aromatic rings. The Kier molecular flexibility index (Phi) is 17.0. The van der Waals surface area contributed by atoms with E-state index in [1.54, 1.807) is 0 Å². The summed E-state index contributed by atoms with van der Waals surface area (Å²) in [6, 6.07) is 0. The van der Waals surface area contributed by atoms with Crippen LogP contribution in [-0.4, -0.2) is 37.6 Å². The van der Waals surface area contributed by atoms with Crippen LogP contribution in [0, 0.1) is 0 Å². The van der Waals surface area contributed by atoms with Gasteiger partial charge in [0.05, 0.1) is 0 Å². The molecule has 0 saturated carbocycles. The number of guanidine groups is 1. The monoisotopic (exact) mass is 345 g/mol. The first-order valence-corrected chi connectivity index (χ1v) is 6.75. The average Bonchev–Trinajstić information content (AvgIpc) is 2.18. The Labute approximate surface area is 115 Å². The Hall–Kier alpha value is 0.350. The van der Waals surface area contributed by atoms with Crippen molar-refractivity contribution in [1.29, 1.82) is 0 Å². The van der Waals surface area contributed by atoms with E-state index in [1.165, 1.54) is 18.6 Å². The molecule has 0 fully saturated rings. The Morgan fingerprint density at radius 2 is 1.73 bits per heavy atom. The maximum absolute atomic E-state index is 4.46. The maximum atomic E-state index is 4.46. The van der Waals surface area contributed by atoms with Crippen molar-refractivity contribution in [3.8, 4) is 0 Å². The predicted octanol–water partition coefficient (Wildman–Crippen LogP) is 2.32. The zero-order valence-corrected chi connectivity index (χ0v) is 13.2. The summed E-state index contributed by atoms with van der Waals surface area (Å²) in [6.45, 7) is 6.95. The Bertz CT molecular complexity index is 146. The first-order valence-electron chi connectivity index (χ1n) is 5.36. The van der Waals surface area contributed by atoms with E-state index >= 15 is 0 Å². The molecule has 15 heavy (non-hydrogen) atoms. The molecule has 2 N–H and O–H groups in total. The molecule has 0 bridgehead atoms. The van der Waals surface area contributed by atoms with E-state index in [0.717, 1.165) is 25.6 Å². The molecule has 0 saturated heterocycles. The number of nitrogens with zero attached hydrogens (tertiary/aromatic N) is 1. The van der Waals surface area contributed by atoms with Crippen LogP contribution in [0.5, 0.6) is 0 Å². The number of hydrogen-bond acceptors (Lipinski definition) is 2. The molecule has 0 amide bonds. The van der Waals surface area contributed by atoms with Gasteiger partial charge in [-0.1, -0.05) is 0 Å². The molecule has 0 aliphatic heterocycles. The Balaban J connectivity index is 0. The molecule has 0 rings (SSSR count). The Morgan fingerprint density at radius 1 is 1.13 bits per heavy atom. The third kappa shape index (κ3) is 12.3. The summed E-state index contributed by atoms with van der Waals surface area (Å²) >= 11 is 1.90. The minimum absolute atomic E-state index is 0. The molecular weight excluding hydrogens is 321 g/mol. The highest BCUT2D eigenvalue weighted by Gasteiger charge is 1.93. The first kappa shape index (κ1) is 17.7. The third-order valence-electron chi connectivity index (χ3n) is 1.71. The van der Waals surface area contributed by atoms with Gasteiger partial charge in [0.1, 0.15) is 0 Å². The zero-order chi connectivity index (χ0) is 10.6. The number of aliphatic imine (C=N–C) groups is 1. The second-order valence-electron chi connectivity index (χ2n) is 2.99. The van der Waals surface area contributed by atoms with E-state index in [9.17, 15) is 0 Å². The number of nitrogens with one attached hydrogen (secondary N) is 2.